The van der Waals surface area contributed by atoms with E-state index in [1.165, 1.54) is 10.5 Å². The van der Waals surface area contributed by atoms with E-state index < -0.39 is 18.2 Å². The van der Waals surface area contributed by atoms with Gasteiger partial charge >= 0.3 is 6.03 Å². The molecule has 1 N–H and O–H groups in total. The topological polar surface area (TPSA) is 52.7 Å². The van der Waals surface area contributed by atoms with Gasteiger partial charge in [-0.3, -0.25) is 4.79 Å². The maximum absolute atomic E-state index is 14.2. The van der Waals surface area contributed by atoms with Gasteiger partial charge in [0, 0.05) is 19.5 Å². The number of carbonyl (C=O) groups excluding carboxylic acids is 2. The Labute approximate surface area is 174 Å². The van der Waals surface area contributed by atoms with Crippen LogP contribution in [0.1, 0.15) is 23.1 Å². The van der Waals surface area contributed by atoms with Crippen LogP contribution in [-0.2, 0) is 17.8 Å². The van der Waals surface area contributed by atoms with Crippen LogP contribution < -0.4 is 5.32 Å². The minimum atomic E-state index is -1.22. The predicted octanol–water partition coefficient (Wildman–Crippen LogP) is 4.18. The molecule has 0 spiro atoms. The van der Waals surface area contributed by atoms with Crippen molar-refractivity contribution in [2.24, 2.45) is 0 Å². The molecule has 3 amide bonds. The normalized spacial score (nSPS) is 21.1. The highest BCUT2D eigenvalue weighted by Gasteiger charge is 2.42. The molecule has 2 aromatic carbocycles. The van der Waals surface area contributed by atoms with Gasteiger partial charge in [0.15, 0.2) is 0 Å². The molecule has 1 fully saturated rings. The number of urea groups is 1. The molecule has 7 heteroatoms. The minimum Gasteiger partial charge on any atom is -0.336 e. The molecule has 2 aliphatic heterocycles. The molecule has 2 atom stereocenters. The average Bonchev–Trinajstić information content (AvgIpc) is 3.11. The Hall–Kier alpha value is -2.60. The third kappa shape index (κ3) is 4.08. The monoisotopic (exact) mass is 415 g/mol. The average molecular weight is 416 g/mol. The summed E-state index contributed by atoms with van der Waals surface area (Å²) in [6.07, 6.45) is -0.439. The number of hydrogen-bond acceptors (Lipinski definition) is 2. The van der Waals surface area contributed by atoms with Crippen molar-refractivity contribution in [3.05, 3.63) is 64.2 Å². The van der Waals surface area contributed by atoms with E-state index >= 15 is 0 Å². The van der Waals surface area contributed by atoms with Crippen molar-refractivity contribution in [3.63, 3.8) is 0 Å². The number of benzene rings is 2. The lowest BCUT2D eigenvalue weighted by atomic mass is 9.99. The van der Waals surface area contributed by atoms with E-state index in [-0.39, 0.29) is 18.9 Å². The molecule has 2 heterocycles. The van der Waals surface area contributed by atoms with E-state index in [9.17, 15) is 14.0 Å². The number of carbonyl (C=O) groups is 2. The van der Waals surface area contributed by atoms with Crippen LogP contribution in [-0.4, -0.2) is 47.0 Å². The summed E-state index contributed by atoms with van der Waals surface area (Å²) in [7, 11) is 0. The molecular weight excluding hydrogens is 393 g/mol. The molecule has 2 aromatic rings. The lowest BCUT2D eigenvalue weighted by Gasteiger charge is -2.33. The fourth-order valence-corrected chi connectivity index (χ4v) is 4.33. The number of aryl methyl sites for hydroxylation is 1. The van der Waals surface area contributed by atoms with Crippen molar-refractivity contribution in [2.75, 3.05) is 18.4 Å². The summed E-state index contributed by atoms with van der Waals surface area (Å²) < 4.78 is 14.2. The number of anilines is 1. The second-order valence-electron chi connectivity index (χ2n) is 7.69. The summed E-state index contributed by atoms with van der Waals surface area (Å²) in [5.74, 6) is -0.204. The van der Waals surface area contributed by atoms with Crippen LogP contribution in [0, 0.1) is 6.92 Å². The zero-order valence-electron chi connectivity index (χ0n) is 16.2. The maximum atomic E-state index is 14.2. The summed E-state index contributed by atoms with van der Waals surface area (Å²) >= 11 is 6.20. The maximum Gasteiger partial charge on any atom is 0.322 e. The van der Waals surface area contributed by atoms with Crippen LogP contribution in [0.4, 0.5) is 14.9 Å². The summed E-state index contributed by atoms with van der Waals surface area (Å²) in [5, 5.41) is 3.13. The zero-order chi connectivity index (χ0) is 20.5. The number of rotatable bonds is 2. The van der Waals surface area contributed by atoms with Crippen LogP contribution in [0.15, 0.2) is 42.5 Å². The second kappa shape index (κ2) is 8.03. The highest BCUT2D eigenvalue weighted by Crippen LogP contribution is 2.28. The lowest BCUT2D eigenvalue weighted by Crippen LogP contribution is -2.50. The summed E-state index contributed by atoms with van der Waals surface area (Å²) in [6, 6.07) is 12.0. The molecule has 0 unspecified atom stereocenters. The molecule has 152 valence electrons. The SMILES string of the molecule is Cc1ccc(NC(=O)N2C[C@@H](F)C[C@H]2C(=O)N2CCc3ccccc3C2)c(Cl)c1. The number of alkyl halides is 1. The molecule has 0 aromatic heterocycles. The van der Waals surface area contributed by atoms with Crippen LogP contribution >= 0.6 is 11.6 Å². The van der Waals surface area contributed by atoms with E-state index in [2.05, 4.69) is 11.4 Å². The Morgan fingerprint density at radius 3 is 2.69 bits per heavy atom. The van der Waals surface area contributed by atoms with Crippen molar-refractivity contribution >= 4 is 29.2 Å². The van der Waals surface area contributed by atoms with Crippen LogP contribution in [0.25, 0.3) is 0 Å². The third-order valence-corrected chi connectivity index (χ3v) is 5.92. The predicted molar refractivity (Wildman–Crippen MR) is 111 cm³/mol. The number of nitrogens with one attached hydrogen (secondary N) is 1. The molecule has 4 rings (SSSR count). The molecule has 1 saturated heterocycles. The van der Waals surface area contributed by atoms with Gasteiger partial charge in [-0.2, -0.15) is 0 Å². The molecule has 0 saturated carbocycles. The molecule has 5 nitrogen and oxygen atoms in total. The fourth-order valence-electron chi connectivity index (χ4n) is 4.05. The van der Waals surface area contributed by atoms with Crippen LogP contribution in [0.2, 0.25) is 5.02 Å². The smallest absolute Gasteiger partial charge is 0.322 e. The van der Waals surface area contributed by atoms with Gasteiger partial charge in [-0.05, 0) is 42.2 Å². The Morgan fingerprint density at radius 1 is 1.17 bits per heavy atom. The number of amides is 3. The van der Waals surface area contributed by atoms with Crippen LogP contribution in [0.5, 0.6) is 0 Å². The Morgan fingerprint density at radius 2 is 1.93 bits per heavy atom. The molecule has 29 heavy (non-hydrogen) atoms. The van der Waals surface area contributed by atoms with E-state index in [1.807, 2.05) is 31.2 Å². The Bertz CT molecular complexity index is 951. The first-order chi connectivity index (χ1) is 13.9. The zero-order valence-corrected chi connectivity index (χ0v) is 17.0. The van der Waals surface area contributed by atoms with Crippen molar-refractivity contribution in [2.45, 2.75) is 38.5 Å². The molecule has 2 aliphatic rings. The minimum absolute atomic E-state index is 0.0199. The van der Waals surface area contributed by atoms with Crippen molar-refractivity contribution in [3.8, 4) is 0 Å². The fraction of sp³-hybridized carbons (Fsp3) is 0.364. The first-order valence-corrected chi connectivity index (χ1v) is 10.1. The Kier molecular flexibility index (Phi) is 5.46. The van der Waals surface area contributed by atoms with E-state index in [0.29, 0.717) is 23.8 Å². The van der Waals surface area contributed by atoms with Crippen molar-refractivity contribution < 1.29 is 14.0 Å². The van der Waals surface area contributed by atoms with Crippen molar-refractivity contribution in [1.82, 2.24) is 9.80 Å². The molecular formula is C22H23ClFN3O2. The molecule has 0 aliphatic carbocycles. The van der Waals surface area contributed by atoms with Gasteiger partial charge in [-0.25, -0.2) is 9.18 Å². The van der Waals surface area contributed by atoms with Crippen molar-refractivity contribution in [1.29, 1.82) is 0 Å². The summed E-state index contributed by atoms with van der Waals surface area (Å²) in [5.41, 5.74) is 3.75. The van der Waals surface area contributed by atoms with Gasteiger partial charge < -0.3 is 15.1 Å². The van der Waals surface area contributed by atoms with Crippen LogP contribution in [0.3, 0.4) is 0 Å². The van der Waals surface area contributed by atoms with Gasteiger partial charge in [0.1, 0.15) is 12.2 Å². The standard InChI is InChI=1S/C22H23ClFN3O2/c1-14-6-7-19(18(23)10-14)25-22(29)27-13-17(24)11-20(27)21(28)26-9-8-15-4-2-3-5-16(15)12-26/h2-7,10,17,20H,8-9,11-13H2,1H3,(H,25,29)/t17-,20-/m0/s1. The van der Waals surface area contributed by atoms with Gasteiger partial charge in [0.05, 0.1) is 17.3 Å². The van der Waals surface area contributed by atoms with E-state index in [1.54, 1.807) is 17.0 Å². The first-order valence-electron chi connectivity index (χ1n) is 9.76. The lowest BCUT2D eigenvalue weighted by molar-refractivity contribution is -0.136. The second-order valence-corrected chi connectivity index (χ2v) is 8.10. The number of hydrogen-bond donors (Lipinski definition) is 1. The van der Waals surface area contributed by atoms with Gasteiger partial charge in [-0.1, -0.05) is 41.9 Å². The molecule has 0 bridgehead atoms. The summed E-state index contributed by atoms with van der Waals surface area (Å²) in [6.45, 7) is 2.86. The number of nitrogens with zero attached hydrogens (tertiary/aromatic N) is 2. The molecule has 0 radical (unpaired) electrons. The largest absolute Gasteiger partial charge is 0.336 e. The number of halogens is 2. The summed E-state index contributed by atoms with van der Waals surface area (Å²) in [4.78, 5) is 29.0. The van der Waals surface area contributed by atoms with Gasteiger partial charge in [0.2, 0.25) is 5.91 Å². The first kappa shape index (κ1) is 19.7. The van der Waals surface area contributed by atoms with E-state index in [4.69, 9.17) is 11.6 Å². The third-order valence-electron chi connectivity index (χ3n) is 5.60. The van der Waals surface area contributed by atoms with E-state index in [0.717, 1.165) is 17.5 Å². The van der Waals surface area contributed by atoms with Gasteiger partial charge in [-0.15, -0.1) is 0 Å². The number of fused-ring (bicyclic) bond motifs is 1. The quantitative estimate of drug-likeness (QED) is 0.800. The Balaban J connectivity index is 1.49. The highest BCUT2D eigenvalue weighted by atomic mass is 35.5. The van der Waals surface area contributed by atoms with Gasteiger partial charge in [0.25, 0.3) is 0 Å². The highest BCUT2D eigenvalue weighted by molar-refractivity contribution is 6.33. The number of likely N-dealkylation sites (tertiary alicyclic amines) is 1.